The standard InChI is InChI=1S/C20H21FN4O3S/c1-14-5-6-22-20(23-14)25-7-2-9-29(27,10-8-25)24-19(26)16-11-15-12-17(21)3-4-18(15)28-13-16/h3-6,11-12H,2,7-10,13H2,1H3. The molecule has 2 aliphatic heterocycles. The summed E-state index contributed by atoms with van der Waals surface area (Å²) in [7, 11) is -2.70. The van der Waals surface area contributed by atoms with Crippen LogP contribution in [0.1, 0.15) is 17.7 Å². The van der Waals surface area contributed by atoms with Gasteiger partial charge in [-0.1, -0.05) is 0 Å². The van der Waals surface area contributed by atoms with Crippen LogP contribution in [0, 0.1) is 12.7 Å². The highest BCUT2D eigenvalue weighted by atomic mass is 32.2. The number of aryl methyl sites for hydroxylation is 1. The van der Waals surface area contributed by atoms with E-state index >= 15 is 0 Å². The monoisotopic (exact) mass is 416 g/mol. The van der Waals surface area contributed by atoms with Gasteiger partial charge in [0, 0.05) is 42.0 Å². The fourth-order valence-corrected chi connectivity index (χ4v) is 5.20. The molecule has 29 heavy (non-hydrogen) atoms. The molecule has 1 amide bonds. The zero-order valence-electron chi connectivity index (χ0n) is 16.0. The van der Waals surface area contributed by atoms with E-state index in [1.165, 1.54) is 18.2 Å². The Morgan fingerprint density at radius 1 is 1.28 bits per heavy atom. The van der Waals surface area contributed by atoms with E-state index in [1.54, 1.807) is 12.3 Å². The fourth-order valence-electron chi connectivity index (χ4n) is 3.31. The molecule has 0 radical (unpaired) electrons. The molecule has 0 spiro atoms. The van der Waals surface area contributed by atoms with Crippen LogP contribution in [0.15, 0.2) is 40.4 Å². The van der Waals surface area contributed by atoms with E-state index in [1.807, 2.05) is 17.9 Å². The van der Waals surface area contributed by atoms with Gasteiger partial charge in [-0.05, 0) is 43.7 Å². The van der Waals surface area contributed by atoms with Crippen LogP contribution < -0.4 is 9.64 Å². The van der Waals surface area contributed by atoms with E-state index in [0.717, 1.165) is 5.69 Å². The SMILES string of the molecule is Cc1ccnc(N2CCCS(=O)(=NC(=O)C3=Cc4cc(F)ccc4OC3)CC2)n1. The van der Waals surface area contributed by atoms with Crippen molar-refractivity contribution in [2.75, 3.05) is 36.1 Å². The predicted octanol–water partition coefficient (Wildman–Crippen LogP) is 2.60. The van der Waals surface area contributed by atoms with Gasteiger partial charge in [0.15, 0.2) is 0 Å². The molecule has 2 aromatic rings. The molecule has 4 rings (SSSR count). The molecule has 1 saturated heterocycles. The Bertz CT molecular complexity index is 1110. The van der Waals surface area contributed by atoms with Gasteiger partial charge in [0.2, 0.25) is 5.95 Å². The third kappa shape index (κ3) is 4.45. The molecule has 9 heteroatoms. The normalized spacial score (nSPS) is 21.4. The molecular formula is C20H21FN4O3S. The number of halogens is 1. The molecule has 7 nitrogen and oxygen atoms in total. The lowest BCUT2D eigenvalue weighted by atomic mass is 10.1. The van der Waals surface area contributed by atoms with Crippen molar-refractivity contribution in [3.8, 4) is 5.75 Å². The number of aromatic nitrogens is 2. The second kappa shape index (κ2) is 7.90. The summed E-state index contributed by atoms with van der Waals surface area (Å²) in [4.78, 5) is 23.3. The number of hydrogen-bond donors (Lipinski definition) is 0. The molecule has 1 atom stereocenters. The minimum atomic E-state index is -2.70. The number of amides is 1. The molecule has 1 fully saturated rings. The van der Waals surface area contributed by atoms with Gasteiger partial charge in [-0.2, -0.15) is 4.36 Å². The molecule has 3 heterocycles. The summed E-state index contributed by atoms with van der Waals surface area (Å²) in [6.45, 7) is 3.04. The zero-order chi connectivity index (χ0) is 20.4. The quantitative estimate of drug-likeness (QED) is 0.748. The number of nitrogens with zero attached hydrogens (tertiary/aromatic N) is 4. The number of benzene rings is 1. The van der Waals surface area contributed by atoms with E-state index in [2.05, 4.69) is 14.3 Å². The second-order valence-electron chi connectivity index (χ2n) is 7.06. The molecule has 1 unspecified atom stereocenters. The molecule has 1 aromatic heterocycles. The van der Waals surface area contributed by atoms with Gasteiger partial charge in [-0.3, -0.25) is 4.79 Å². The summed E-state index contributed by atoms with van der Waals surface area (Å²) >= 11 is 0. The number of carbonyl (C=O) groups excluding carboxylic acids is 1. The lowest BCUT2D eigenvalue weighted by molar-refractivity contribution is -0.114. The van der Waals surface area contributed by atoms with E-state index in [9.17, 15) is 13.4 Å². The summed E-state index contributed by atoms with van der Waals surface area (Å²) in [5.74, 6) is 0.723. The maximum atomic E-state index is 13.4. The Morgan fingerprint density at radius 3 is 2.97 bits per heavy atom. The van der Waals surface area contributed by atoms with Crippen molar-refractivity contribution in [2.24, 2.45) is 4.36 Å². The number of ether oxygens (including phenoxy) is 1. The van der Waals surface area contributed by atoms with Crippen LogP contribution in [0.2, 0.25) is 0 Å². The minimum absolute atomic E-state index is 0.0275. The average Bonchev–Trinajstić information content (AvgIpc) is 2.89. The third-order valence-corrected chi connectivity index (χ3v) is 7.09. The van der Waals surface area contributed by atoms with Gasteiger partial charge in [0.1, 0.15) is 18.2 Å². The van der Waals surface area contributed by atoms with Crippen molar-refractivity contribution in [1.29, 1.82) is 0 Å². The lowest BCUT2D eigenvalue weighted by Gasteiger charge is -2.19. The van der Waals surface area contributed by atoms with Crippen LogP contribution in [-0.4, -0.2) is 51.3 Å². The van der Waals surface area contributed by atoms with Gasteiger partial charge < -0.3 is 9.64 Å². The van der Waals surface area contributed by atoms with E-state index < -0.39 is 21.5 Å². The van der Waals surface area contributed by atoms with Crippen molar-refractivity contribution in [3.05, 3.63) is 53.1 Å². The summed E-state index contributed by atoms with van der Waals surface area (Å²) in [5.41, 5.74) is 1.61. The molecule has 152 valence electrons. The maximum absolute atomic E-state index is 13.4. The van der Waals surface area contributed by atoms with E-state index in [-0.39, 0.29) is 17.9 Å². The largest absolute Gasteiger partial charge is 0.488 e. The van der Waals surface area contributed by atoms with Crippen molar-refractivity contribution < 1.29 is 18.1 Å². The van der Waals surface area contributed by atoms with Crippen LogP contribution in [0.5, 0.6) is 5.75 Å². The third-order valence-electron chi connectivity index (χ3n) is 4.85. The summed E-state index contributed by atoms with van der Waals surface area (Å²) < 4.78 is 36.3. The summed E-state index contributed by atoms with van der Waals surface area (Å²) in [5, 5.41) is 0. The highest BCUT2D eigenvalue weighted by molar-refractivity contribution is 7.93. The first-order chi connectivity index (χ1) is 13.9. The van der Waals surface area contributed by atoms with Crippen molar-refractivity contribution in [1.82, 2.24) is 9.97 Å². The number of anilines is 1. The minimum Gasteiger partial charge on any atom is -0.488 e. The van der Waals surface area contributed by atoms with Crippen LogP contribution in [-0.2, 0) is 14.5 Å². The Hall–Kier alpha value is -2.81. The Labute approximate surface area is 168 Å². The Kier molecular flexibility index (Phi) is 5.31. The number of hydrogen-bond acceptors (Lipinski definition) is 6. The Balaban J connectivity index is 1.53. The van der Waals surface area contributed by atoms with Crippen LogP contribution >= 0.6 is 0 Å². The highest BCUT2D eigenvalue weighted by Gasteiger charge is 2.23. The van der Waals surface area contributed by atoms with Gasteiger partial charge in [-0.15, -0.1) is 0 Å². The molecule has 2 aliphatic rings. The van der Waals surface area contributed by atoms with Crippen LogP contribution in [0.25, 0.3) is 6.08 Å². The summed E-state index contributed by atoms with van der Waals surface area (Å²) in [6.07, 6.45) is 3.88. The van der Waals surface area contributed by atoms with Crippen molar-refractivity contribution >= 4 is 27.7 Å². The zero-order valence-corrected chi connectivity index (χ0v) is 16.8. The molecule has 0 N–H and O–H groups in total. The van der Waals surface area contributed by atoms with Crippen molar-refractivity contribution in [3.63, 3.8) is 0 Å². The molecule has 1 aromatic carbocycles. The molecule has 0 saturated carbocycles. The Morgan fingerprint density at radius 2 is 2.14 bits per heavy atom. The number of rotatable bonds is 2. The summed E-state index contributed by atoms with van der Waals surface area (Å²) in [6, 6.07) is 5.94. The van der Waals surface area contributed by atoms with Gasteiger partial charge >= 0.3 is 0 Å². The smallest absolute Gasteiger partial charge is 0.284 e. The number of fused-ring (bicyclic) bond motifs is 1. The maximum Gasteiger partial charge on any atom is 0.284 e. The second-order valence-corrected chi connectivity index (χ2v) is 9.60. The molecule has 0 bridgehead atoms. The van der Waals surface area contributed by atoms with E-state index in [0.29, 0.717) is 42.5 Å². The average molecular weight is 416 g/mol. The first kappa shape index (κ1) is 19.5. The van der Waals surface area contributed by atoms with Gasteiger partial charge in [-0.25, -0.2) is 18.6 Å². The van der Waals surface area contributed by atoms with Crippen molar-refractivity contribution in [2.45, 2.75) is 13.3 Å². The predicted molar refractivity (Wildman–Crippen MR) is 109 cm³/mol. The van der Waals surface area contributed by atoms with Gasteiger partial charge in [0.25, 0.3) is 5.91 Å². The molecular weight excluding hydrogens is 395 g/mol. The highest BCUT2D eigenvalue weighted by Crippen LogP contribution is 2.27. The number of carbonyl (C=O) groups is 1. The first-order valence-corrected chi connectivity index (χ1v) is 11.2. The fraction of sp³-hybridized carbons (Fsp3) is 0.350. The lowest BCUT2D eigenvalue weighted by Crippen LogP contribution is -2.28. The first-order valence-electron chi connectivity index (χ1n) is 9.36. The van der Waals surface area contributed by atoms with Crippen LogP contribution in [0.4, 0.5) is 10.3 Å². The topological polar surface area (TPSA) is 84.8 Å². The molecule has 0 aliphatic carbocycles. The van der Waals surface area contributed by atoms with E-state index in [4.69, 9.17) is 4.74 Å². The van der Waals surface area contributed by atoms with Crippen LogP contribution in [0.3, 0.4) is 0 Å². The van der Waals surface area contributed by atoms with Gasteiger partial charge in [0.05, 0.1) is 15.3 Å².